The van der Waals surface area contributed by atoms with Gasteiger partial charge >= 0.3 is 0 Å². The van der Waals surface area contributed by atoms with Gasteiger partial charge in [-0.1, -0.05) is 62.9 Å². The zero-order valence-electron chi connectivity index (χ0n) is 19.7. The Hall–Kier alpha value is -2.37. The van der Waals surface area contributed by atoms with E-state index in [0.717, 1.165) is 44.1 Å². The smallest absolute Gasteiger partial charge is 0.245 e. The number of carbonyl (C=O) groups excluding carboxylic acids is 3. The predicted molar refractivity (Wildman–Crippen MR) is 126 cm³/mol. The van der Waals surface area contributed by atoms with Gasteiger partial charge in [-0.3, -0.25) is 14.4 Å². The van der Waals surface area contributed by atoms with Crippen molar-refractivity contribution in [2.24, 2.45) is 5.92 Å². The van der Waals surface area contributed by atoms with E-state index in [4.69, 9.17) is 0 Å². The van der Waals surface area contributed by atoms with Gasteiger partial charge in [0.05, 0.1) is 0 Å². The lowest BCUT2D eigenvalue weighted by atomic mass is 9.87. The molecule has 0 bridgehead atoms. The van der Waals surface area contributed by atoms with Crippen molar-refractivity contribution in [1.82, 2.24) is 15.1 Å². The third kappa shape index (κ3) is 6.57. The van der Waals surface area contributed by atoms with Crippen LogP contribution in [0.1, 0.15) is 70.8 Å². The minimum absolute atomic E-state index is 0.00436. The Morgan fingerprint density at radius 1 is 1.06 bits per heavy atom. The number of nitrogens with zero attached hydrogens (tertiary/aromatic N) is 2. The Bertz CT molecular complexity index is 761. The fourth-order valence-corrected chi connectivity index (χ4v) is 4.94. The lowest BCUT2D eigenvalue weighted by Crippen LogP contribution is -2.60. The molecule has 3 rings (SSSR count). The number of benzene rings is 1. The van der Waals surface area contributed by atoms with E-state index in [1.165, 1.54) is 6.42 Å². The summed E-state index contributed by atoms with van der Waals surface area (Å²) in [5.74, 6) is 0.297. The molecule has 1 aliphatic heterocycles. The second kappa shape index (κ2) is 12.0. The van der Waals surface area contributed by atoms with Crippen molar-refractivity contribution in [3.63, 3.8) is 0 Å². The van der Waals surface area contributed by atoms with Gasteiger partial charge in [0.2, 0.25) is 17.7 Å². The summed E-state index contributed by atoms with van der Waals surface area (Å²) >= 11 is 0. The molecule has 1 heterocycles. The third-order valence-corrected chi connectivity index (χ3v) is 6.85. The van der Waals surface area contributed by atoms with E-state index >= 15 is 0 Å². The first-order valence-corrected chi connectivity index (χ1v) is 12.4. The van der Waals surface area contributed by atoms with Crippen molar-refractivity contribution in [3.05, 3.63) is 35.9 Å². The average molecular weight is 442 g/mol. The second-order valence-electron chi connectivity index (χ2n) is 9.41. The Balaban J connectivity index is 1.63. The van der Waals surface area contributed by atoms with Gasteiger partial charge in [-0.05, 0) is 31.7 Å². The largest absolute Gasteiger partial charge is 0.344 e. The van der Waals surface area contributed by atoms with Crippen LogP contribution in [0.25, 0.3) is 0 Å². The highest BCUT2D eigenvalue weighted by molar-refractivity contribution is 5.88. The molecule has 176 valence electrons. The van der Waals surface area contributed by atoms with Crippen LogP contribution in [0.15, 0.2) is 30.3 Å². The van der Waals surface area contributed by atoms with Gasteiger partial charge in [-0.25, -0.2) is 0 Å². The summed E-state index contributed by atoms with van der Waals surface area (Å²) in [5, 5.41) is 2.99. The summed E-state index contributed by atoms with van der Waals surface area (Å²) in [7, 11) is 0. The summed E-state index contributed by atoms with van der Waals surface area (Å²) in [6.07, 6.45) is 8.18. The van der Waals surface area contributed by atoms with Gasteiger partial charge in [0.1, 0.15) is 6.04 Å². The molecule has 1 N–H and O–H groups in total. The lowest BCUT2D eigenvalue weighted by molar-refractivity contribution is -0.147. The number of rotatable bonds is 8. The highest BCUT2D eigenvalue weighted by Crippen LogP contribution is 2.27. The van der Waals surface area contributed by atoms with Gasteiger partial charge in [-0.2, -0.15) is 0 Å². The molecule has 6 nitrogen and oxygen atoms in total. The van der Waals surface area contributed by atoms with E-state index < -0.39 is 6.04 Å². The topological polar surface area (TPSA) is 69.7 Å². The monoisotopic (exact) mass is 441 g/mol. The average Bonchev–Trinajstić information content (AvgIpc) is 2.82. The van der Waals surface area contributed by atoms with Crippen molar-refractivity contribution in [1.29, 1.82) is 0 Å². The zero-order chi connectivity index (χ0) is 22.9. The molecule has 0 aromatic heterocycles. The molecule has 2 unspecified atom stereocenters. The molecule has 3 amide bonds. The molecule has 1 aromatic rings. The van der Waals surface area contributed by atoms with Crippen molar-refractivity contribution < 1.29 is 14.4 Å². The van der Waals surface area contributed by atoms with E-state index in [2.05, 4.69) is 12.2 Å². The summed E-state index contributed by atoms with van der Waals surface area (Å²) < 4.78 is 0. The molecule has 6 heteroatoms. The van der Waals surface area contributed by atoms with Crippen LogP contribution in [0.4, 0.5) is 0 Å². The molecule has 2 atom stereocenters. The van der Waals surface area contributed by atoms with Crippen molar-refractivity contribution in [3.8, 4) is 0 Å². The maximum Gasteiger partial charge on any atom is 0.245 e. The van der Waals surface area contributed by atoms with Crippen LogP contribution in [0.5, 0.6) is 0 Å². The van der Waals surface area contributed by atoms with Gasteiger partial charge in [0.25, 0.3) is 0 Å². The number of hydrogen-bond acceptors (Lipinski definition) is 3. The number of hydrogen-bond donors (Lipinski definition) is 1. The van der Waals surface area contributed by atoms with Gasteiger partial charge in [0.15, 0.2) is 0 Å². The molecule has 2 aliphatic rings. The second-order valence-corrected chi connectivity index (χ2v) is 9.41. The normalized spacial score (nSPS) is 20.6. The van der Waals surface area contributed by atoms with Crippen molar-refractivity contribution in [2.75, 3.05) is 19.6 Å². The first-order chi connectivity index (χ1) is 15.5. The van der Waals surface area contributed by atoms with Gasteiger partial charge in [-0.15, -0.1) is 0 Å². The Morgan fingerprint density at radius 3 is 2.44 bits per heavy atom. The van der Waals surface area contributed by atoms with Crippen molar-refractivity contribution >= 4 is 17.7 Å². The molecule has 32 heavy (non-hydrogen) atoms. The maximum absolute atomic E-state index is 13.4. The van der Waals surface area contributed by atoms with E-state index in [0.29, 0.717) is 32.5 Å². The zero-order valence-corrected chi connectivity index (χ0v) is 19.7. The standard InChI is InChI=1S/C26H39N3O3/c1-3-4-15-24(30)27-23(18-21-11-7-5-8-12-21)26(32)28-16-17-29(20(2)19-28)25(31)22-13-9-6-10-14-22/h5,7-8,11-12,20,22-23H,3-4,6,9-10,13-19H2,1-2H3,(H,27,30). The first kappa shape index (κ1) is 24.3. The van der Waals surface area contributed by atoms with Crippen LogP contribution in [-0.2, 0) is 20.8 Å². The third-order valence-electron chi connectivity index (χ3n) is 6.85. The molecular weight excluding hydrogens is 402 g/mol. The molecule has 0 radical (unpaired) electrons. The Morgan fingerprint density at radius 2 is 1.78 bits per heavy atom. The summed E-state index contributed by atoms with van der Waals surface area (Å²) in [6.45, 7) is 5.71. The minimum atomic E-state index is -0.574. The van der Waals surface area contributed by atoms with E-state index in [-0.39, 0.29) is 29.7 Å². The fourth-order valence-electron chi connectivity index (χ4n) is 4.94. The molecule has 0 spiro atoms. The van der Waals surface area contributed by atoms with Crippen LogP contribution in [-0.4, -0.2) is 59.2 Å². The van der Waals surface area contributed by atoms with E-state index in [1.807, 2.05) is 47.1 Å². The predicted octanol–water partition coefficient (Wildman–Crippen LogP) is 3.54. The van der Waals surface area contributed by atoms with Crippen LogP contribution in [0, 0.1) is 5.92 Å². The number of amides is 3. The maximum atomic E-state index is 13.4. The summed E-state index contributed by atoms with van der Waals surface area (Å²) in [6, 6.07) is 9.25. The Labute approximate surface area is 192 Å². The van der Waals surface area contributed by atoms with E-state index in [9.17, 15) is 14.4 Å². The fraction of sp³-hybridized carbons (Fsp3) is 0.654. The quantitative estimate of drug-likeness (QED) is 0.671. The molecule has 1 saturated carbocycles. The SMILES string of the molecule is CCCCC(=O)NC(Cc1ccccc1)C(=O)N1CCN(C(=O)C2CCCCC2)C(C)C1. The highest BCUT2D eigenvalue weighted by Gasteiger charge is 2.35. The van der Waals surface area contributed by atoms with Crippen LogP contribution >= 0.6 is 0 Å². The molecule has 1 aliphatic carbocycles. The summed E-state index contributed by atoms with van der Waals surface area (Å²) in [4.78, 5) is 42.7. The van der Waals surface area contributed by atoms with Crippen LogP contribution in [0.2, 0.25) is 0 Å². The van der Waals surface area contributed by atoms with Crippen LogP contribution in [0.3, 0.4) is 0 Å². The number of nitrogens with one attached hydrogen (secondary N) is 1. The number of piperazine rings is 1. The van der Waals surface area contributed by atoms with E-state index in [1.54, 1.807) is 0 Å². The number of carbonyl (C=O) groups is 3. The molecule has 2 fully saturated rings. The van der Waals surface area contributed by atoms with Crippen LogP contribution < -0.4 is 5.32 Å². The van der Waals surface area contributed by atoms with Gasteiger partial charge < -0.3 is 15.1 Å². The highest BCUT2D eigenvalue weighted by atomic mass is 16.2. The molecule has 1 saturated heterocycles. The number of unbranched alkanes of at least 4 members (excludes halogenated alkanes) is 1. The summed E-state index contributed by atoms with van der Waals surface area (Å²) in [5.41, 5.74) is 1.03. The lowest BCUT2D eigenvalue weighted by Gasteiger charge is -2.42. The Kier molecular flexibility index (Phi) is 9.12. The van der Waals surface area contributed by atoms with Gasteiger partial charge in [0, 0.05) is 44.4 Å². The molecular formula is C26H39N3O3. The minimum Gasteiger partial charge on any atom is -0.344 e. The first-order valence-electron chi connectivity index (χ1n) is 12.4. The molecule has 1 aromatic carbocycles. The van der Waals surface area contributed by atoms with Crippen molar-refractivity contribution in [2.45, 2.75) is 83.7 Å².